The van der Waals surface area contributed by atoms with E-state index in [0.717, 1.165) is 28.0 Å². The first-order chi connectivity index (χ1) is 12.9. The molecule has 0 fully saturated rings. The average Bonchev–Trinajstić information content (AvgIpc) is 3.45. The van der Waals surface area contributed by atoms with Crippen LogP contribution in [0.1, 0.15) is 6.04 Å². The summed E-state index contributed by atoms with van der Waals surface area (Å²) in [6.07, 6.45) is 1.58. The lowest BCUT2D eigenvalue weighted by Gasteiger charge is -2.13. The summed E-state index contributed by atoms with van der Waals surface area (Å²) in [4.78, 5) is 0. The first-order valence-electron chi connectivity index (χ1n) is 8.02. The quantitative estimate of drug-likeness (QED) is 0.478. The van der Waals surface area contributed by atoms with Crippen LogP contribution in [0.15, 0.2) is 67.9 Å². The highest BCUT2D eigenvalue weighted by Crippen LogP contribution is 2.38. The second-order valence-electron chi connectivity index (χ2n) is 5.67. The van der Waals surface area contributed by atoms with Gasteiger partial charge in [-0.05, 0) is 12.1 Å². The Morgan fingerprint density at radius 2 is 2.00 bits per heavy atom. The zero-order valence-electron chi connectivity index (χ0n) is 13.5. The van der Waals surface area contributed by atoms with Crippen LogP contribution in [-0.4, -0.2) is 36.5 Å². The Bertz CT molecular complexity index is 1010. The molecule has 1 aromatic carbocycles. The SMILES string of the molecule is c1ccc(-c2nnc3n2C(CSc2nnc(-c4ccco4)o2)CS3)cc1. The van der Waals surface area contributed by atoms with Crippen LogP contribution < -0.4 is 0 Å². The van der Waals surface area contributed by atoms with E-state index in [2.05, 4.69) is 37.1 Å². The lowest BCUT2D eigenvalue weighted by Crippen LogP contribution is -2.11. The van der Waals surface area contributed by atoms with Crippen molar-refractivity contribution in [2.75, 3.05) is 11.5 Å². The Labute approximate surface area is 157 Å². The van der Waals surface area contributed by atoms with Crippen molar-refractivity contribution in [2.24, 2.45) is 0 Å². The van der Waals surface area contributed by atoms with Gasteiger partial charge in [-0.15, -0.1) is 20.4 Å². The lowest BCUT2D eigenvalue weighted by molar-refractivity contribution is 0.446. The van der Waals surface area contributed by atoms with E-state index in [1.807, 2.05) is 18.2 Å². The second-order valence-corrected chi connectivity index (χ2v) is 7.63. The zero-order valence-corrected chi connectivity index (χ0v) is 15.1. The average molecular weight is 383 g/mol. The van der Waals surface area contributed by atoms with E-state index in [1.54, 1.807) is 30.2 Å². The van der Waals surface area contributed by atoms with Crippen LogP contribution in [0.25, 0.3) is 23.0 Å². The van der Waals surface area contributed by atoms with Crippen molar-refractivity contribution in [2.45, 2.75) is 16.4 Å². The van der Waals surface area contributed by atoms with Crippen molar-refractivity contribution in [1.82, 2.24) is 25.0 Å². The summed E-state index contributed by atoms with van der Waals surface area (Å²) in [5.41, 5.74) is 1.07. The van der Waals surface area contributed by atoms with Crippen LogP contribution >= 0.6 is 23.5 Å². The molecule has 1 atom stereocenters. The topological polar surface area (TPSA) is 82.8 Å². The van der Waals surface area contributed by atoms with Gasteiger partial charge in [-0.2, -0.15) is 0 Å². The number of hydrogen-bond acceptors (Lipinski definition) is 8. The molecule has 0 amide bonds. The molecular formula is C17H13N5O2S2. The van der Waals surface area contributed by atoms with Crippen molar-refractivity contribution in [3.05, 3.63) is 48.7 Å². The van der Waals surface area contributed by atoms with E-state index in [1.165, 1.54) is 11.8 Å². The molecule has 130 valence electrons. The number of hydrogen-bond donors (Lipinski definition) is 0. The summed E-state index contributed by atoms with van der Waals surface area (Å²) in [5.74, 6) is 3.63. The van der Waals surface area contributed by atoms with E-state index in [4.69, 9.17) is 8.83 Å². The molecule has 4 aromatic rings. The summed E-state index contributed by atoms with van der Waals surface area (Å²) < 4.78 is 13.2. The minimum atomic E-state index is 0.268. The maximum atomic E-state index is 5.67. The van der Waals surface area contributed by atoms with Crippen LogP contribution in [0.2, 0.25) is 0 Å². The molecule has 1 aliphatic rings. The highest BCUT2D eigenvalue weighted by atomic mass is 32.2. The van der Waals surface area contributed by atoms with Crippen LogP contribution in [0, 0.1) is 0 Å². The van der Waals surface area contributed by atoms with Crippen LogP contribution in [-0.2, 0) is 0 Å². The van der Waals surface area contributed by atoms with E-state index in [0.29, 0.717) is 16.9 Å². The fourth-order valence-electron chi connectivity index (χ4n) is 2.79. The molecule has 4 heterocycles. The van der Waals surface area contributed by atoms with Gasteiger partial charge in [-0.25, -0.2) is 0 Å². The van der Waals surface area contributed by atoms with Crippen molar-refractivity contribution < 1.29 is 8.83 Å². The van der Waals surface area contributed by atoms with Gasteiger partial charge in [0.2, 0.25) is 0 Å². The Morgan fingerprint density at radius 1 is 1.08 bits per heavy atom. The predicted molar refractivity (Wildman–Crippen MR) is 97.9 cm³/mol. The van der Waals surface area contributed by atoms with Crippen LogP contribution in [0.3, 0.4) is 0 Å². The molecule has 9 heteroatoms. The van der Waals surface area contributed by atoms with Gasteiger partial charge in [-0.3, -0.25) is 4.57 Å². The first-order valence-corrected chi connectivity index (χ1v) is 9.99. The number of furan rings is 1. The second kappa shape index (κ2) is 6.65. The third-order valence-corrected chi connectivity index (χ3v) is 6.06. The third kappa shape index (κ3) is 2.82. The number of rotatable bonds is 5. The number of thioether (sulfide) groups is 2. The van der Waals surface area contributed by atoms with E-state index in [9.17, 15) is 0 Å². The van der Waals surface area contributed by atoms with Gasteiger partial charge in [0, 0.05) is 17.1 Å². The maximum Gasteiger partial charge on any atom is 0.284 e. The van der Waals surface area contributed by atoms with Gasteiger partial charge in [0.05, 0.1) is 12.3 Å². The highest BCUT2D eigenvalue weighted by molar-refractivity contribution is 8.00. The van der Waals surface area contributed by atoms with Gasteiger partial charge < -0.3 is 8.83 Å². The molecule has 0 saturated heterocycles. The third-order valence-electron chi connectivity index (χ3n) is 4.00. The lowest BCUT2D eigenvalue weighted by atomic mass is 10.2. The monoisotopic (exact) mass is 383 g/mol. The summed E-state index contributed by atoms with van der Waals surface area (Å²) in [6.45, 7) is 0. The molecule has 26 heavy (non-hydrogen) atoms. The predicted octanol–water partition coefficient (Wildman–Crippen LogP) is 4.03. The summed E-state index contributed by atoms with van der Waals surface area (Å²) in [6, 6.07) is 14.0. The summed E-state index contributed by atoms with van der Waals surface area (Å²) in [7, 11) is 0. The highest BCUT2D eigenvalue weighted by Gasteiger charge is 2.29. The molecule has 0 bridgehead atoms. The summed E-state index contributed by atoms with van der Waals surface area (Å²) in [5, 5.41) is 18.3. The van der Waals surface area contributed by atoms with E-state index >= 15 is 0 Å². The zero-order chi connectivity index (χ0) is 17.3. The van der Waals surface area contributed by atoms with E-state index < -0.39 is 0 Å². The molecule has 1 unspecified atom stereocenters. The molecule has 1 aliphatic heterocycles. The van der Waals surface area contributed by atoms with Gasteiger partial charge >= 0.3 is 0 Å². The Kier molecular flexibility index (Phi) is 4.02. The molecule has 0 N–H and O–H groups in total. The minimum absolute atomic E-state index is 0.268. The largest absolute Gasteiger partial charge is 0.459 e. The molecule has 0 saturated carbocycles. The Morgan fingerprint density at radius 3 is 2.85 bits per heavy atom. The number of fused-ring (bicyclic) bond motifs is 1. The molecular weight excluding hydrogens is 370 g/mol. The van der Waals surface area contributed by atoms with Gasteiger partial charge in [0.1, 0.15) is 0 Å². The Balaban J connectivity index is 1.34. The van der Waals surface area contributed by atoms with Gasteiger partial charge in [0.25, 0.3) is 11.1 Å². The van der Waals surface area contributed by atoms with Crippen LogP contribution in [0.5, 0.6) is 0 Å². The minimum Gasteiger partial charge on any atom is -0.459 e. The number of nitrogens with zero attached hydrogens (tertiary/aromatic N) is 5. The molecule has 5 rings (SSSR count). The molecule has 7 nitrogen and oxygen atoms in total. The molecule has 0 aliphatic carbocycles. The van der Waals surface area contributed by atoms with Crippen molar-refractivity contribution >= 4 is 23.5 Å². The van der Waals surface area contributed by atoms with Crippen LogP contribution in [0.4, 0.5) is 0 Å². The van der Waals surface area contributed by atoms with Crippen molar-refractivity contribution in [3.63, 3.8) is 0 Å². The van der Waals surface area contributed by atoms with Gasteiger partial charge in [0.15, 0.2) is 16.7 Å². The normalized spacial score (nSPS) is 16.1. The summed E-state index contributed by atoms with van der Waals surface area (Å²) >= 11 is 3.26. The standard InChI is InChI=1S/C17H13N5O2S2/c1-2-5-11(6-3-1)14-18-20-16-22(14)12(9-25-16)10-26-17-21-19-15(24-17)13-7-4-8-23-13/h1-8,12H,9-10H2. The number of benzene rings is 1. The molecule has 0 radical (unpaired) electrons. The maximum absolute atomic E-state index is 5.67. The molecule has 3 aromatic heterocycles. The first kappa shape index (κ1) is 15.7. The van der Waals surface area contributed by atoms with E-state index in [-0.39, 0.29) is 6.04 Å². The molecule has 0 spiro atoms. The smallest absolute Gasteiger partial charge is 0.284 e. The van der Waals surface area contributed by atoms with Gasteiger partial charge in [-0.1, -0.05) is 53.9 Å². The number of aromatic nitrogens is 5. The van der Waals surface area contributed by atoms with Crippen molar-refractivity contribution in [3.8, 4) is 23.0 Å². The fourth-order valence-corrected chi connectivity index (χ4v) is 4.86. The van der Waals surface area contributed by atoms with Crippen molar-refractivity contribution in [1.29, 1.82) is 0 Å². The fraction of sp³-hybridized carbons (Fsp3) is 0.176. The Hall–Kier alpha value is -2.52.